The van der Waals surface area contributed by atoms with Gasteiger partial charge in [-0.2, -0.15) is 0 Å². The molecule has 0 saturated heterocycles. The Bertz CT molecular complexity index is 1360. The third kappa shape index (κ3) is 5.41. The van der Waals surface area contributed by atoms with E-state index in [0.29, 0.717) is 22.5 Å². The lowest BCUT2D eigenvalue weighted by Crippen LogP contribution is -2.15. The van der Waals surface area contributed by atoms with Gasteiger partial charge in [0.1, 0.15) is 17.2 Å². The normalized spacial score (nSPS) is 10.6. The van der Waals surface area contributed by atoms with Crippen LogP contribution >= 0.6 is 11.8 Å². The molecule has 4 aromatic rings. The number of methoxy groups -OCH3 is 2. The number of anilines is 1. The van der Waals surface area contributed by atoms with Crippen LogP contribution in [0.1, 0.15) is 0 Å². The van der Waals surface area contributed by atoms with Crippen molar-refractivity contribution in [3.8, 4) is 28.6 Å². The second kappa shape index (κ2) is 10.7. The Morgan fingerprint density at radius 2 is 1.74 bits per heavy atom. The molecule has 0 aliphatic rings. The van der Waals surface area contributed by atoms with Crippen molar-refractivity contribution in [3.63, 3.8) is 0 Å². The maximum Gasteiger partial charge on any atom is 0.296 e. The lowest BCUT2D eigenvalue weighted by molar-refractivity contribution is -0.384. The van der Waals surface area contributed by atoms with Gasteiger partial charge in [-0.05, 0) is 36.4 Å². The Morgan fingerprint density at radius 1 is 1.00 bits per heavy atom. The zero-order valence-corrected chi connectivity index (χ0v) is 19.7. The molecule has 0 atom stereocenters. The molecule has 0 fully saturated rings. The third-order valence-electron chi connectivity index (χ3n) is 4.98. The van der Waals surface area contributed by atoms with Gasteiger partial charge >= 0.3 is 0 Å². The molecule has 1 N–H and O–H groups in total. The number of nitro groups is 1. The van der Waals surface area contributed by atoms with Gasteiger partial charge in [-0.1, -0.05) is 42.1 Å². The summed E-state index contributed by atoms with van der Waals surface area (Å²) in [6, 6.07) is 21.2. The largest absolute Gasteiger partial charge is 0.497 e. The molecule has 0 aliphatic heterocycles. The van der Waals surface area contributed by atoms with Gasteiger partial charge in [0.05, 0.1) is 31.0 Å². The maximum absolute atomic E-state index is 12.7. The van der Waals surface area contributed by atoms with Crippen molar-refractivity contribution in [2.75, 3.05) is 25.3 Å². The fraction of sp³-hybridized carbons (Fsp3) is 0.125. The molecule has 0 spiro atoms. The molecule has 0 unspecified atom stereocenters. The Kier molecular flexibility index (Phi) is 7.27. The summed E-state index contributed by atoms with van der Waals surface area (Å²) in [5.74, 6) is 1.13. The van der Waals surface area contributed by atoms with Crippen molar-refractivity contribution in [3.05, 3.63) is 82.9 Å². The van der Waals surface area contributed by atoms with Crippen molar-refractivity contribution in [1.29, 1.82) is 0 Å². The van der Waals surface area contributed by atoms with Crippen molar-refractivity contribution in [2.45, 2.75) is 5.16 Å². The smallest absolute Gasteiger partial charge is 0.296 e. The van der Waals surface area contributed by atoms with E-state index >= 15 is 0 Å². The number of ether oxygens (including phenoxy) is 2. The van der Waals surface area contributed by atoms with E-state index in [4.69, 9.17) is 9.47 Å². The number of carbonyl (C=O) groups excluding carboxylic acids is 1. The number of hydrogen-bond acceptors (Lipinski definition) is 8. The fourth-order valence-electron chi connectivity index (χ4n) is 3.33. The van der Waals surface area contributed by atoms with Gasteiger partial charge in [-0.25, -0.2) is 0 Å². The van der Waals surface area contributed by atoms with Crippen molar-refractivity contribution < 1.29 is 19.2 Å². The van der Waals surface area contributed by atoms with E-state index in [1.165, 1.54) is 31.0 Å². The van der Waals surface area contributed by atoms with Crippen LogP contribution in [0.4, 0.5) is 11.4 Å². The lowest BCUT2D eigenvalue weighted by atomic mass is 10.2. The minimum atomic E-state index is -0.572. The molecule has 1 amide bonds. The van der Waals surface area contributed by atoms with E-state index < -0.39 is 10.8 Å². The molecule has 3 aromatic carbocycles. The Morgan fingerprint density at radius 3 is 2.46 bits per heavy atom. The Balaban J connectivity index is 1.59. The van der Waals surface area contributed by atoms with Crippen LogP contribution in [-0.2, 0) is 4.79 Å². The molecular weight excluding hydrogens is 470 g/mol. The van der Waals surface area contributed by atoms with E-state index in [9.17, 15) is 14.9 Å². The highest BCUT2D eigenvalue weighted by Crippen LogP contribution is 2.31. The number of nitro benzene ring substituents is 1. The number of benzene rings is 3. The molecule has 1 aromatic heterocycles. The first-order valence-electron chi connectivity index (χ1n) is 10.4. The molecule has 0 bridgehead atoms. The quantitative estimate of drug-likeness (QED) is 0.205. The topological polar surface area (TPSA) is 121 Å². The monoisotopic (exact) mass is 491 g/mol. The van der Waals surface area contributed by atoms with Gasteiger partial charge in [-0.15, -0.1) is 10.2 Å². The number of nitrogens with one attached hydrogen (secondary N) is 1. The van der Waals surface area contributed by atoms with Crippen LogP contribution in [0, 0.1) is 10.1 Å². The van der Waals surface area contributed by atoms with Gasteiger partial charge in [0.25, 0.3) is 5.69 Å². The van der Waals surface area contributed by atoms with Crippen LogP contribution in [0.3, 0.4) is 0 Å². The van der Waals surface area contributed by atoms with E-state index in [0.717, 1.165) is 11.3 Å². The van der Waals surface area contributed by atoms with Crippen LogP contribution in [0.5, 0.6) is 11.5 Å². The molecule has 4 rings (SSSR count). The SMILES string of the molecule is COc1cccc(-c2nnc(SCC(=O)Nc3ccc(OC)cc3[N+](=O)[O-])n2-c2ccccc2)c1. The van der Waals surface area contributed by atoms with E-state index in [2.05, 4.69) is 15.5 Å². The van der Waals surface area contributed by atoms with Gasteiger partial charge in [0.2, 0.25) is 5.91 Å². The average Bonchev–Trinajstić information content (AvgIpc) is 3.32. The number of rotatable bonds is 9. The molecule has 35 heavy (non-hydrogen) atoms. The van der Waals surface area contributed by atoms with Gasteiger partial charge < -0.3 is 14.8 Å². The van der Waals surface area contributed by atoms with Crippen molar-refractivity contribution in [2.24, 2.45) is 0 Å². The molecule has 178 valence electrons. The third-order valence-corrected chi connectivity index (χ3v) is 5.91. The number of para-hydroxylation sites is 1. The highest BCUT2D eigenvalue weighted by molar-refractivity contribution is 7.99. The first-order valence-corrected chi connectivity index (χ1v) is 11.4. The number of amides is 1. The number of hydrogen-bond donors (Lipinski definition) is 1. The molecule has 10 nitrogen and oxygen atoms in total. The second-order valence-electron chi connectivity index (χ2n) is 7.19. The van der Waals surface area contributed by atoms with Gasteiger partial charge in [-0.3, -0.25) is 19.5 Å². The summed E-state index contributed by atoms with van der Waals surface area (Å²) in [5.41, 5.74) is 1.45. The van der Waals surface area contributed by atoms with Crippen molar-refractivity contribution in [1.82, 2.24) is 14.8 Å². The second-order valence-corrected chi connectivity index (χ2v) is 8.13. The number of nitrogens with zero attached hydrogens (tertiary/aromatic N) is 4. The summed E-state index contributed by atoms with van der Waals surface area (Å²) in [5, 5.41) is 23.1. The van der Waals surface area contributed by atoms with Crippen LogP contribution in [0.15, 0.2) is 78.0 Å². The standard InChI is InChI=1S/C24H21N5O5S/c1-33-18-10-6-7-16(13-18)23-26-27-24(28(23)17-8-4-3-5-9-17)35-15-22(30)25-20-12-11-19(34-2)14-21(20)29(31)32/h3-14H,15H2,1-2H3,(H,25,30). The predicted molar refractivity (Wildman–Crippen MR) is 132 cm³/mol. The maximum atomic E-state index is 12.7. The number of thioether (sulfide) groups is 1. The Labute approximate surface area is 205 Å². The summed E-state index contributed by atoms with van der Waals surface area (Å²) < 4.78 is 12.2. The highest BCUT2D eigenvalue weighted by Gasteiger charge is 2.20. The van der Waals surface area contributed by atoms with Crippen molar-refractivity contribution >= 4 is 29.0 Å². The van der Waals surface area contributed by atoms with Crippen LogP contribution in [0.2, 0.25) is 0 Å². The number of carbonyl (C=O) groups is 1. The first kappa shape index (κ1) is 23.8. The lowest BCUT2D eigenvalue weighted by Gasteiger charge is -2.11. The molecule has 1 heterocycles. The summed E-state index contributed by atoms with van der Waals surface area (Å²) in [6.45, 7) is 0. The van der Waals surface area contributed by atoms with E-state index in [-0.39, 0.29) is 17.1 Å². The first-order chi connectivity index (χ1) is 17.0. The minimum absolute atomic E-state index is 0.0355. The molecule has 11 heteroatoms. The minimum Gasteiger partial charge on any atom is -0.497 e. The fourth-order valence-corrected chi connectivity index (χ4v) is 4.09. The van der Waals surface area contributed by atoms with Crippen LogP contribution in [0.25, 0.3) is 17.1 Å². The molecule has 0 radical (unpaired) electrons. The summed E-state index contributed by atoms with van der Waals surface area (Å²) in [4.78, 5) is 23.5. The van der Waals surface area contributed by atoms with Gasteiger partial charge in [0.15, 0.2) is 11.0 Å². The molecule has 0 aliphatic carbocycles. The Hall–Kier alpha value is -4.38. The molecule has 0 saturated carbocycles. The van der Waals surface area contributed by atoms with Crippen LogP contribution in [-0.4, -0.2) is 45.6 Å². The predicted octanol–water partition coefficient (Wildman–Crippen LogP) is 4.59. The zero-order chi connectivity index (χ0) is 24.8. The van der Waals surface area contributed by atoms with Crippen LogP contribution < -0.4 is 14.8 Å². The number of aromatic nitrogens is 3. The van der Waals surface area contributed by atoms with E-state index in [1.54, 1.807) is 13.2 Å². The molecular formula is C24H21N5O5S. The summed E-state index contributed by atoms with van der Waals surface area (Å²) in [7, 11) is 3.00. The average molecular weight is 492 g/mol. The summed E-state index contributed by atoms with van der Waals surface area (Å²) in [6.07, 6.45) is 0. The van der Waals surface area contributed by atoms with Gasteiger partial charge in [0, 0.05) is 11.3 Å². The zero-order valence-electron chi connectivity index (χ0n) is 18.9. The highest BCUT2D eigenvalue weighted by atomic mass is 32.2. The summed E-state index contributed by atoms with van der Waals surface area (Å²) >= 11 is 1.17. The van der Waals surface area contributed by atoms with E-state index in [1.807, 2.05) is 59.2 Å².